The molecule has 1 saturated carbocycles. The lowest BCUT2D eigenvalue weighted by atomic mass is 9.61. The first-order valence-electron chi connectivity index (χ1n) is 10.7. The van der Waals surface area contributed by atoms with Gasteiger partial charge < -0.3 is 10.1 Å². The van der Waals surface area contributed by atoms with E-state index in [1.54, 1.807) is 7.11 Å². The highest BCUT2D eigenvalue weighted by atomic mass is 16.5. The normalized spacial score (nSPS) is 31.9. The Kier molecular flexibility index (Phi) is 4.77. The molecule has 2 spiro atoms. The summed E-state index contributed by atoms with van der Waals surface area (Å²) in [4.78, 5) is 28.2. The molecule has 152 valence electrons. The smallest absolute Gasteiger partial charge is 0.325 e. The van der Waals surface area contributed by atoms with Crippen molar-refractivity contribution in [2.75, 3.05) is 7.11 Å². The summed E-state index contributed by atoms with van der Waals surface area (Å²) in [5.74, 6) is -0.0595. The van der Waals surface area contributed by atoms with Gasteiger partial charge in [0.1, 0.15) is 0 Å². The van der Waals surface area contributed by atoms with Crippen molar-refractivity contribution in [2.24, 2.45) is 5.41 Å². The highest BCUT2D eigenvalue weighted by Gasteiger charge is 2.68. The van der Waals surface area contributed by atoms with Gasteiger partial charge in [-0.2, -0.15) is 0 Å². The molecule has 1 unspecified atom stereocenters. The van der Waals surface area contributed by atoms with Crippen molar-refractivity contribution in [3.8, 4) is 0 Å². The third kappa shape index (κ3) is 2.55. The van der Waals surface area contributed by atoms with Gasteiger partial charge >= 0.3 is 6.03 Å². The number of aryl methyl sites for hydroxylation is 1. The quantitative estimate of drug-likeness (QED) is 0.801. The molecule has 1 atom stereocenters. The van der Waals surface area contributed by atoms with E-state index in [-0.39, 0.29) is 29.5 Å². The van der Waals surface area contributed by atoms with E-state index in [4.69, 9.17) is 4.74 Å². The zero-order valence-corrected chi connectivity index (χ0v) is 17.5. The number of imide groups is 1. The predicted molar refractivity (Wildman–Crippen MR) is 108 cm³/mol. The Bertz CT molecular complexity index is 795. The van der Waals surface area contributed by atoms with Crippen LogP contribution in [0.5, 0.6) is 0 Å². The van der Waals surface area contributed by atoms with Crippen LogP contribution in [0.15, 0.2) is 18.2 Å². The lowest BCUT2D eigenvalue weighted by Crippen LogP contribution is -2.57. The van der Waals surface area contributed by atoms with Crippen LogP contribution in [0.1, 0.15) is 69.6 Å². The first-order valence-corrected chi connectivity index (χ1v) is 10.7. The number of nitrogens with one attached hydrogen (secondary N) is 1. The van der Waals surface area contributed by atoms with Crippen LogP contribution >= 0.6 is 0 Å². The molecule has 2 fully saturated rings. The Morgan fingerprint density at radius 3 is 2.54 bits per heavy atom. The van der Waals surface area contributed by atoms with E-state index in [1.165, 1.54) is 16.0 Å². The van der Waals surface area contributed by atoms with E-state index in [0.29, 0.717) is 0 Å². The number of rotatable bonds is 4. The summed E-state index contributed by atoms with van der Waals surface area (Å²) in [5, 5.41) is 3.23. The molecule has 1 aromatic carbocycles. The summed E-state index contributed by atoms with van der Waals surface area (Å²) in [6, 6.07) is 6.18. The van der Waals surface area contributed by atoms with Crippen LogP contribution < -0.4 is 5.32 Å². The van der Waals surface area contributed by atoms with Gasteiger partial charge in [-0.25, -0.2) is 4.79 Å². The number of hydrogen-bond donors (Lipinski definition) is 1. The zero-order chi connectivity index (χ0) is 20.1. The molecule has 1 saturated heterocycles. The van der Waals surface area contributed by atoms with E-state index in [9.17, 15) is 9.59 Å². The van der Waals surface area contributed by atoms with Crippen molar-refractivity contribution in [1.82, 2.24) is 10.2 Å². The monoisotopic (exact) mass is 384 g/mol. The number of carbonyl (C=O) groups is 2. The third-order valence-corrected chi connectivity index (χ3v) is 7.23. The molecule has 0 radical (unpaired) electrons. The van der Waals surface area contributed by atoms with E-state index < -0.39 is 5.54 Å². The van der Waals surface area contributed by atoms with Gasteiger partial charge in [-0.15, -0.1) is 0 Å². The Morgan fingerprint density at radius 2 is 1.96 bits per heavy atom. The second-order valence-corrected chi connectivity index (χ2v) is 9.08. The molecular formula is C23H32N2O3. The Hall–Kier alpha value is -1.88. The number of ether oxygens (including phenoxy) is 1. The van der Waals surface area contributed by atoms with Gasteiger partial charge in [-0.05, 0) is 69.1 Å². The summed E-state index contributed by atoms with van der Waals surface area (Å²) in [6.45, 7) is 5.99. The van der Waals surface area contributed by atoms with E-state index in [1.807, 2.05) is 13.8 Å². The lowest BCUT2D eigenvalue weighted by molar-refractivity contribution is -0.139. The van der Waals surface area contributed by atoms with Crippen molar-refractivity contribution in [2.45, 2.75) is 83.4 Å². The highest BCUT2D eigenvalue weighted by Crippen LogP contribution is 2.60. The first kappa shape index (κ1) is 19.4. The summed E-state index contributed by atoms with van der Waals surface area (Å²) < 4.78 is 5.60. The molecule has 2 aliphatic carbocycles. The maximum Gasteiger partial charge on any atom is 0.325 e. The molecule has 3 aliphatic rings. The molecule has 4 rings (SSSR count). The van der Waals surface area contributed by atoms with E-state index in [2.05, 4.69) is 30.4 Å². The molecule has 1 aromatic rings. The molecule has 0 bridgehead atoms. The van der Waals surface area contributed by atoms with Gasteiger partial charge in [0.15, 0.2) is 5.54 Å². The largest absolute Gasteiger partial charge is 0.381 e. The van der Waals surface area contributed by atoms with Gasteiger partial charge in [-0.1, -0.05) is 31.5 Å². The first-order chi connectivity index (χ1) is 13.4. The number of fused-ring (bicyclic) bond motifs is 3. The molecule has 3 amide bonds. The fourth-order valence-corrected chi connectivity index (χ4v) is 5.84. The summed E-state index contributed by atoms with van der Waals surface area (Å²) in [6.07, 6.45) is 6.78. The second-order valence-electron chi connectivity index (χ2n) is 9.08. The fourth-order valence-electron chi connectivity index (χ4n) is 5.84. The molecule has 1 N–H and O–H groups in total. The van der Waals surface area contributed by atoms with Crippen LogP contribution in [0.25, 0.3) is 0 Å². The zero-order valence-electron chi connectivity index (χ0n) is 17.5. The van der Waals surface area contributed by atoms with Crippen molar-refractivity contribution in [3.63, 3.8) is 0 Å². The summed E-state index contributed by atoms with van der Waals surface area (Å²) in [7, 11) is 1.77. The van der Waals surface area contributed by atoms with Crippen LogP contribution in [0.3, 0.4) is 0 Å². The van der Waals surface area contributed by atoms with Gasteiger partial charge in [0.2, 0.25) is 0 Å². The number of hydrogen-bond acceptors (Lipinski definition) is 3. The summed E-state index contributed by atoms with van der Waals surface area (Å²) in [5.41, 5.74) is 2.32. The average molecular weight is 385 g/mol. The maximum atomic E-state index is 13.8. The van der Waals surface area contributed by atoms with Crippen LogP contribution in [0.2, 0.25) is 0 Å². The minimum absolute atomic E-state index is 0.0595. The average Bonchev–Trinajstić information content (AvgIpc) is 3.09. The molecule has 0 aromatic heterocycles. The van der Waals surface area contributed by atoms with Crippen molar-refractivity contribution in [1.29, 1.82) is 0 Å². The fraction of sp³-hybridized carbons (Fsp3) is 0.652. The molecule has 1 aliphatic heterocycles. The molecule has 28 heavy (non-hydrogen) atoms. The van der Waals surface area contributed by atoms with Crippen LogP contribution in [0.4, 0.5) is 4.79 Å². The number of methoxy groups -OCH3 is 1. The number of urea groups is 1. The Balaban J connectivity index is 1.85. The summed E-state index contributed by atoms with van der Waals surface area (Å²) >= 11 is 0. The van der Waals surface area contributed by atoms with Crippen LogP contribution in [-0.4, -0.2) is 36.1 Å². The van der Waals surface area contributed by atoms with Crippen molar-refractivity contribution in [3.05, 3.63) is 34.9 Å². The highest BCUT2D eigenvalue weighted by molar-refractivity contribution is 6.09. The predicted octanol–water partition coefficient (Wildman–Crippen LogP) is 3.93. The number of amides is 3. The third-order valence-electron chi connectivity index (χ3n) is 7.23. The van der Waals surface area contributed by atoms with Gasteiger partial charge in [-0.3, -0.25) is 9.69 Å². The van der Waals surface area contributed by atoms with Gasteiger partial charge in [0.25, 0.3) is 5.91 Å². The van der Waals surface area contributed by atoms with Crippen LogP contribution in [-0.2, 0) is 27.9 Å². The van der Waals surface area contributed by atoms with Gasteiger partial charge in [0.05, 0.1) is 6.10 Å². The number of carbonyl (C=O) groups excluding carboxylic acids is 2. The molecule has 5 nitrogen and oxygen atoms in total. The Labute approximate surface area is 167 Å². The number of nitrogens with zero attached hydrogens (tertiary/aromatic N) is 1. The SMILES string of the molecule is CCCc1ccc2c(c1)C1(NC(=O)N(C(C)C)C1=O)[C@]1(CC[C@H](OC)CC1)C2. The van der Waals surface area contributed by atoms with E-state index >= 15 is 0 Å². The molecular weight excluding hydrogens is 352 g/mol. The van der Waals surface area contributed by atoms with Crippen molar-refractivity contribution >= 4 is 11.9 Å². The lowest BCUT2D eigenvalue weighted by Gasteiger charge is -2.46. The topological polar surface area (TPSA) is 58.6 Å². The van der Waals surface area contributed by atoms with Gasteiger partial charge in [0, 0.05) is 18.6 Å². The minimum atomic E-state index is -0.924. The van der Waals surface area contributed by atoms with Crippen LogP contribution in [0, 0.1) is 5.41 Å². The van der Waals surface area contributed by atoms with E-state index in [0.717, 1.165) is 50.5 Å². The van der Waals surface area contributed by atoms with Crippen molar-refractivity contribution < 1.29 is 14.3 Å². The Morgan fingerprint density at radius 1 is 1.25 bits per heavy atom. The minimum Gasteiger partial charge on any atom is -0.381 e. The maximum absolute atomic E-state index is 13.8. The number of benzene rings is 1. The molecule has 1 heterocycles. The second kappa shape index (κ2) is 6.87. The molecule has 5 heteroatoms. The standard InChI is InChI=1S/C23H32N2O3/c1-5-6-16-7-8-17-14-22(11-9-18(28-4)10-12-22)23(19(17)13-16)20(26)25(15(2)3)21(27)24-23/h7-8,13,15,18H,5-6,9-12,14H2,1-4H3,(H,24,27)/t18-,22-,23?.